The molecule has 0 spiro atoms. The van der Waals surface area contributed by atoms with Crippen LogP contribution in [0.4, 0.5) is 4.39 Å². The molecule has 1 rings (SSSR count). The van der Waals surface area contributed by atoms with Gasteiger partial charge in [0.25, 0.3) is 0 Å². The second kappa shape index (κ2) is 3.54. The van der Waals surface area contributed by atoms with Crippen LogP contribution in [0.15, 0.2) is 36.9 Å². The van der Waals surface area contributed by atoms with E-state index in [0.717, 1.165) is 0 Å². The van der Waals surface area contributed by atoms with Crippen molar-refractivity contribution in [1.82, 2.24) is 0 Å². The SMILES string of the molecule is C=CC(F)c1cccc(Cl)c1. The molecule has 0 fully saturated rings. The van der Waals surface area contributed by atoms with Gasteiger partial charge < -0.3 is 0 Å². The van der Waals surface area contributed by atoms with E-state index >= 15 is 0 Å². The highest BCUT2D eigenvalue weighted by Crippen LogP contribution is 2.20. The molecular weight excluding hydrogens is 163 g/mol. The number of halogens is 2. The van der Waals surface area contributed by atoms with Crippen molar-refractivity contribution in [2.45, 2.75) is 6.17 Å². The third kappa shape index (κ3) is 2.05. The molecule has 1 unspecified atom stereocenters. The molecule has 0 nitrogen and oxygen atoms in total. The molecule has 0 bridgehead atoms. The van der Waals surface area contributed by atoms with E-state index in [1.165, 1.54) is 6.08 Å². The molecule has 0 N–H and O–H groups in total. The minimum atomic E-state index is -1.12. The first-order valence-corrected chi connectivity index (χ1v) is 3.64. The number of hydrogen-bond acceptors (Lipinski definition) is 0. The maximum absolute atomic E-state index is 12.9. The van der Waals surface area contributed by atoms with Gasteiger partial charge in [-0.3, -0.25) is 0 Å². The van der Waals surface area contributed by atoms with Crippen LogP contribution in [0.2, 0.25) is 5.02 Å². The smallest absolute Gasteiger partial charge is 0.143 e. The first-order chi connectivity index (χ1) is 5.24. The lowest BCUT2D eigenvalue weighted by molar-refractivity contribution is 0.415. The van der Waals surface area contributed by atoms with Crippen molar-refractivity contribution in [3.8, 4) is 0 Å². The molecule has 11 heavy (non-hydrogen) atoms. The summed E-state index contributed by atoms with van der Waals surface area (Å²) in [6.07, 6.45) is 0.125. The van der Waals surface area contributed by atoms with E-state index in [1.54, 1.807) is 24.3 Å². The van der Waals surface area contributed by atoms with Crippen LogP contribution in [0.1, 0.15) is 11.7 Å². The Hall–Kier alpha value is -0.820. The van der Waals surface area contributed by atoms with Gasteiger partial charge in [0.15, 0.2) is 0 Å². The Morgan fingerprint density at radius 3 is 2.82 bits per heavy atom. The Morgan fingerprint density at radius 1 is 1.55 bits per heavy atom. The van der Waals surface area contributed by atoms with Gasteiger partial charge in [0, 0.05) is 5.02 Å². The molecule has 0 radical (unpaired) electrons. The fourth-order valence-corrected chi connectivity index (χ4v) is 1.01. The zero-order chi connectivity index (χ0) is 8.27. The van der Waals surface area contributed by atoms with Gasteiger partial charge in [-0.15, -0.1) is 0 Å². The lowest BCUT2D eigenvalue weighted by Gasteiger charge is -2.01. The summed E-state index contributed by atoms with van der Waals surface area (Å²) < 4.78 is 12.9. The van der Waals surface area contributed by atoms with E-state index in [1.807, 2.05) is 0 Å². The van der Waals surface area contributed by atoms with Crippen LogP contribution in [0.3, 0.4) is 0 Å². The molecule has 0 heterocycles. The molecule has 1 aromatic rings. The van der Waals surface area contributed by atoms with Gasteiger partial charge in [-0.1, -0.05) is 36.4 Å². The molecule has 0 amide bonds. The Balaban J connectivity index is 2.95. The highest BCUT2D eigenvalue weighted by atomic mass is 35.5. The second-order valence-electron chi connectivity index (χ2n) is 2.19. The molecule has 2 heteroatoms. The highest BCUT2D eigenvalue weighted by molar-refractivity contribution is 6.30. The summed E-state index contributed by atoms with van der Waals surface area (Å²) in [4.78, 5) is 0. The minimum absolute atomic E-state index is 0.548. The maximum Gasteiger partial charge on any atom is 0.143 e. The fraction of sp³-hybridized carbons (Fsp3) is 0.111. The van der Waals surface area contributed by atoms with Crippen molar-refractivity contribution in [1.29, 1.82) is 0 Å². The van der Waals surface area contributed by atoms with E-state index in [-0.39, 0.29) is 0 Å². The first kappa shape index (κ1) is 8.28. The number of hydrogen-bond donors (Lipinski definition) is 0. The average Bonchev–Trinajstić information content (AvgIpc) is 2.03. The van der Waals surface area contributed by atoms with Gasteiger partial charge in [-0.2, -0.15) is 0 Å². The van der Waals surface area contributed by atoms with Gasteiger partial charge in [0.2, 0.25) is 0 Å². The predicted octanol–water partition coefficient (Wildman–Crippen LogP) is 3.54. The number of benzene rings is 1. The summed E-state index contributed by atoms with van der Waals surface area (Å²) in [6, 6.07) is 6.70. The third-order valence-electron chi connectivity index (χ3n) is 1.37. The summed E-state index contributed by atoms with van der Waals surface area (Å²) >= 11 is 5.64. The number of rotatable bonds is 2. The van der Waals surface area contributed by atoms with Crippen LogP contribution in [0.5, 0.6) is 0 Å². The predicted molar refractivity (Wildman–Crippen MR) is 45.5 cm³/mol. The van der Waals surface area contributed by atoms with E-state index in [0.29, 0.717) is 10.6 Å². The molecule has 0 aliphatic carbocycles. The fourth-order valence-electron chi connectivity index (χ4n) is 0.814. The summed E-state index contributed by atoms with van der Waals surface area (Å²) in [5.74, 6) is 0. The quantitative estimate of drug-likeness (QED) is 0.596. The molecule has 0 aliphatic rings. The molecule has 1 atom stereocenters. The zero-order valence-corrected chi connectivity index (χ0v) is 6.68. The van der Waals surface area contributed by atoms with Crippen molar-refractivity contribution in [3.05, 3.63) is 47.5 Å². The monoisotopic (exact) mass is 170 g/mol. The topological polar surface area (TPSA) is 0 Å². The lowest BCUT2D eigenvalue weighted by atomic mass is 10.1. The lowest BCUT2D eigenvalue weighted by Crippen LogP contribution is -1.84. The molecule has 58 valence electrons. The maximum atomic E-state index is 12.9. The van der Waals surface area contributed by atoms with Gasteiger partial charge in [0.05, 0.1) is 0 Å². The molecule has 0 saturated carbocycles. The zero-order valence-electron chi connectivity index (χ0n) is 5.93. The largest absolute Gasteiger partial charge is 0.238 e. The average molecular weight is 171 g/mol. The Bertz CT molecular complexity index is 257. The van der Waals surface area contributed by atoms with Gasteiger partial charge in [-0.25, -0.2) is 4.39 Å². The molecule has 0 saturated heterocycles. The Kier molecular flexibility index (Phi) is 2.66. The van der Waals surface area contributed by atoms with Crippen LogP contribution >= 0.6 is 11.6 Å². The molecule has 0 aromatic heterocycles. The van der Waals surface area contributed by atoms with Crippen LogP contribution in [-0.2, 0) is 0 Å². The van der Waals surface area contributed by atoms with Crippen molar-refractivity contribution in [2.24, 2.45) is 0 Å². The normalized spacial score (nSPS) is 12.5. The van der Waals surface area contributed by atoms with Crippen molar-refractivity contribution < 1.29 is 4.39 Å². The summed E-state index contributed by atoms with van der Waals surface area (Å²) in [5, 5.41) is 0.548. The summed E-state index contributed by atoms with van der Waals surface area (Å²) in [5.41, 5.74) is 0.549. The molecule has 1 aromatic carbocycles. The summed E-state index contributed by atoms with van der Waals surface area (Å²) in [6.45, 7) is 3.35. The van der Waals surface area contributed by atoms with Gasteiger partial charge in [0.1, 0.15) is 6.17 Å². The van der Waals surface area contributed by atoms with Crippen LogP contribution in [0, 0.1) is 0 Å². The second-order valence-corrected chi connectivity index (χ2v) is 2.63. The third-order valence-corrected chi connectivity index (χ3v) is 1.61. The van der Waals surface area contributed by atoms with Crippen molar-refractivity contribution in [2.75, 3.05) is 0 Å². The van der Waals surface area contributed by atoms with E-state index < -0.39 is 6.17 Å². The number of allylic oxidation sites excluding steroid dienone is 1. The van der Waals surface area contributed by atoms with Crippen LogP contribution in [0.25, 0.3) is 0 Å². The van der Waals surface area contributed by atoms with Crippen LogP contribution < -0.4 is 0 Å². The van der Waals surface area contributed by atoms with Crippen molar-refractivity contribution in [3.63, 3.8) is 0 Å². The Morgan fingerprint density at radius 2 is 2.27 bits per heavy atom. The molecular formula is C9H8ClF. The molecule has 0 aliphatic heterocycles. The summed E-state index contributed by atoms with van der Waals surface area (Å²) in [7, 11) is 0. The van der Waals surface area contributed by atoms with Gasteiger partial charge >= 0.3 is 0 Å². The number of alkyl halides is 1. The minimum Gasteiger partial charge on any atom is -0.238 e. The van der Waals surface area contributed by atoms with E-state index in [9.17, 15) is 4.39 Å². The van der Waals surface area contributed by atoms with E-state index in [2.05, 4.69) is 6.58 Å². The standard InChI is InChI=1S/C9H8ClF/c1-2-9(11)7-4-3-5-8(10)6-7/h2-6,9H,1H2. The van der Waals surface area contributed by atoms with E-state index in [4.69, 9.17) is 11.6 Å². The van der Waals surface area contributed by atoms with Gasteiger partial charge in [-0.05, 0) is 17.7 Å². The first-order valence-electron chi connectivity index (χ1n) is 3.26. The highest BCUT2D eigenvalue weighted by Gasteiger charge is 2.03. The van der Waals surface area contributed by atoms with Crippen molar-refractivity contribution >= 4 is 11.6 Å². The Labute approximate surface area is 70.3 Å². The van der Waals surface area contributed by atoms with Crippen LogP contribution in [-0.4, -0.2) is 0 Å².